The first-order valence-corrected chi connectivity index (χ1v) is 6.18. The lowest BCUT2D eigenvalue weighted by Crippen LogP contribution is -2.37. The molecule has 0 radical (unpaired) electrons. The fourth-order valence-electron chi connectivity index (χ4n) is 1.53. The molecule has 0 N–H and O–H groups in total. The third kappa shape index (κ3) is 7.66. The Morgan fingerprint density at radius 1 is 1.07 bits per heavy atom. The van der Waals surface area contributed by atoms with E-state index in [1.165, 1.54) is 0 Å². The van der Waals surface area contributed by atoms with Gasteiger partial charge in [-0.1, -0.05) is 27.7 Å². The van der Waals surface area contributed by atoms with Gasteiger partial charge in [-0.05, 0) is 18.8 Å². The fraction of sp³-hybridized carbons (Fsp3) is 0.917. The zero-order chi connectivity index (χ0) is 12.0. The van der Waals surface area contributed by atoms with Crippen molar-refractivity contribution in [3.8, 4) is 0 Å². The summed E-state index contributed by atoms with van der Waals surface area (Å²) < 4.78 is 0. The largest absolute Gasteiger partial charge is 0.342 e. The van der Waals surface area contributed by atoms with Gasteiger partial charge < -0.3 is 4.90 Å². The van der Waals surface area contributed by atoms with E-state index in [2.05, 4.69) is 27.7 Å². The molecule has 15 heavy (non-hydrogen) atoms. The molecule has 90 valence electrons. The molecule has 0 aliphatic carbocycles. The molecule has 0 aliphatic rings. The van der Waals surface area contributed by atoms with E-state index in [1.807, 2.05) is 11.8 Å². The SMILES string of the molecule is CC(C)CN(CC(C)C)C(=O)CC(C)Cl. The number of halogens is 1. The quantitative estimate of drug-likeness (QED) is 0.646. The summed E-state index contributed by atoms with van der Waals surface area (Å²) in [5.41, 5.74) is 0. The summed E-state index contributed by atoms with van der Waals surface area (Å²) in [6.07, 6.45) is 0.445. The highest BCUT2D eigenvalue weighted by atomic mass is 35.5. The average Bonchev–Trinajstić information content (AvgIpc) is 1.99. The average molecular weight is 234 g/mol. The molecule has 0 aromatic rings. The molecule has 0 bridgehead atoms. The normalized spacial score (nSPS) is 13.3. The number of alkyl halides is 1. The Labute approximate surface area is 99.0 Å². The Morgan fingerprint density at radius 3 is 1.73 bits per heavy atom. The molecule has 1 atom stereocenters. The summed E-state index contributed by atoms with van der Waals surface area (Å²) in [5.74, 6) is 1.21. The maximum atomic E-state index is 11.9. The van der Waals surface area contributed by atoms with Gasteiger partial charge in [-0.3, -0.25) is 4.79 Å². The molecule has 2 nitrogen and oxygen atoms in total. The smallest absolute Gasteiger partial charge is 0.224 e. The number of rotatable bonds is 6. The Kier molecular flexibility index (Phi) is 6.99. The van der Waals surface area contributed by atoms with Crippen LogP contribution in [-0.4, -0.2) is 29.3 Å². The van der Waals surface area contributed by atoms with Crippen molar-refractivity contribution in [2.75, 3.05) is 13.1 Å². The number of hydrogen-bond acceptors (Lipinski definition) is 1. The van der Waals surface area contributed by atoms with Crippen LogP contribution in [0.3, 0.4) is 0 Å². The van der Waals surface area contributed by atoms with Crippen LogP contribution in [0.15, 0.2) is 0 Å². The van der Waals surface area contributed by atoms with Gasteiger partial charge >= 0.3 is 0 Å². The van der Waals surface area contributed by atoms with Crippen LogP contribution in [0.5, 0.6) is 0 Å². The first kappa shape index (κ1) is 14.8. The molecule has 0 rings (SSSR count). The summed E-state index contributed by atoms with van der Waals surface area (Å²) in [6, 6.07) is 0. The van der Waals surface area contributed by atoms with Gasteiger partial charge in [0.25, 0.3) is 0 Å². The van der Waals surface area contributed by atoms with E-state index in [1.54, 1.807) is 0 Å². The van der Waals surface area contributed by atoms with Gasteiger partial charge in [0.15, 0.2) is 0 Å². The van der Waals surface area contributed by atoms with Crippen molar-refractivity contribution >= 4 is 17.5 Å². The maximum absolute atomic E-state index is 11.9. The summed E-state index contributed by atoms with van der Waals surface area (Å²) in [6.45, 7) is 12.1. The van der Waals surface area contributed by atoms with E-state index in [-0.39, 0.29) is 11.3 Å². The zero-order valence-corrected chi connectivity index (χ0v) is 11.3. The molecule has 1 unspecified atom stereocenters. The molecule has 0 fully saturated rings. The van der Waals surface area contributed by atoms with Crippen LogP contribution in [0.25, 0.3) is 0 Å². The van der Waals surface area contributed by atoms with Crippen LogP contribution in [0.4, 0.5) is 0 Å². The molecule has 0 heterocycles. The van der Waals surface area contributed by atoms with Crippen molar-refractivity contribution in [3.63, 3.8) is 0 Å². The number of amides is 1. The Hall–Kier alpha value is -0.240. The molecule has 0 aromatic heterocycles. The second kappa shape index (κ2) is 7.10. The first-order chi connectivity index (χ1) is 6.82. The predicted molar refractivity (Wildman–Crippen MR) is 66.2 cm³/mol. The molecule has 0 saturated carbocycles. The minimum atomic E-state index is -0.0701. The van der Waals surface area contributed by atoms with Gasteiger partial charge in [-0.25, -0.2) is 0 Å². The number of nitrogens with zero attached hydrogens (tertiary/aromatic N) is 1. The van der Waals surface area contributed by atoms with Crippen LogP contribution in [0.1, 0.15) is 41.0 Å². The third-order valence-corrected chi connectivity index (χ3v) is 2.13. The Bertz CT molecular complexity index is 180. The zero-order valence-electron chi connectivity index (χ0n) is 10.6. The molecular formula is C12H24ClNO. The summed E-state index contributed by atoms with van der Waals surface area (Å²) >= 11 is 5.84. The van der Waals surface area contributed by atoms with Gasteiger partial charge in [0.2, 0.25) is 5.91 Å². The van der Waals surface area contributed by atoms with Crippen molar-refractivity contribution in [2.24, 2.45) is 11.8 Å². The molecule has 0 aliphatic heterocycles. The van der Waals surface area contributed by atoms with Gasteiger partial charge in [0, 0.05) is 24.9 Å². The van der Waals surface area contributed by atoms with Crippen LogP contribution < -0.4 is 0 Å². The molecular weight excluding hydrogens is 210 g/mol. The van der Waals surface area contributed by atoms with Crippen molar-refractivity contribution in [1.82, 2.24) is 4.90 Å². The van der Waals surface area contributed by atoms with Crippen LogP contribution in [0.2, 0.25) is 0 Å². The number of carbonyl (C=O) groups excluding carboxylic acids is 1. The monoisotopic (exact) mass is 233 g/mol. The molecule has 0 spiro atoms. The lowest BCUT2D eigenvalue weighted by molar-refractivity contribution is -0.132. The van der Waals surface area contributed by atoms with E-state index in [4.69, 9.17) is 11.6 Å². The molecule has 1 amide bonds. The third-order valence-electron chi connectivity index (χ3n) is 1.98. The summed E-state index contributed by atoms with van der Waals surface area (Å²) in [5, 5.41) is -0.0701. The lowest BCUT2D eigenvalue weighted by Gasteiger charge is -2.26. The number of carbonyl (C=O) groups is 1. The molecule has 3 heteroatoms. The highest BCUT2D eigenvalue weighted by Crippen LogP contribution is 2.09. The molecule has 0 saturated heterocycles. The highest BCUT2D eigenvalue weighted by Gasteiger charge is 2.17. The van der Waals surface area contributed by atoms with E-state index >= 15 is 0 Å². The second-order valence-electron chi connectivity index (χ2n) is 5.07. The number of hydrogen-bond donors (Lipinski definition) is 0. The first-order valence-electron chi connectivity index (χ1n) is 5.74. The van der Waals surface area contributed by atoms with Crippen molar-refractivity contribution in [2.45, 2.75) is 46.4 Å². The van der Waals surface area contributed by atoms with Crippen molar-refractivity contribution in [1.29, 1.82) is 0 Å². The van der Waals surface area contributed by atoms with Crippen LogP contribution in [-0.2, 0) is 4.79 Å². The van der Waals surface area contributed by atoms with E-state index in [0.29, 0.717) is 18.3 Å². The van der Waals surface area contributed by atoms with Gasteiger partial charge in [-0.2, -0.15) is 0 Å². The fourth-order valence-corrected chi connectivity index (χ4v) is 1.66. The topological polar surface area (TPSA) is 20.3 Å². The van der Waals surface area contributed by atoms with Gasteiger partial charge in [0.05, 0.1) is 0 Å². The van der Waals surface area contributed by atoms with Crippen LogP contribution >= 0.6 is 11.6 Å². The standard InChI is InChI=1S/C12H24ClNO/c1-9(2)7-14(8-10(3)4)12(15)6-11(5)13/h9-11H,6-8H2,1-5H3. The lowest BCUT2D eigenvalue weighted by atomic mass is 10.1. The minimum Gasteiger partial charge on any atom is -0.342 e. The highest BCUT2D eigenvalue weighted by molar-refractivity contribution is 6.21. The van der Waals surface area contributed by atoms with E-state index in [0.717, 1.165) is 13.1 Å². The van der Waals surface area contributed by atoms with Gasteiger partial charge in [0.1, 0.15) is 0 Å². The van der Waals surface area contributed by atoms with Crippen molar-refractivity contribution < 1.29 is 4.79 Å². The Balaban J connectivity index is 4.27. The van der Waals surface area contributed by atoms with Gasteiger partial charge in [-0.15, -0.1) is 11.6 Å². The maximum Gasteiger partial charge on any atom is 0.224 e. The summed E-state index contributed by atoms with van der Waals surface area (Å²) in [4.78, 5) is 13.8. The molecule has 0 aromatic carbocycles. The predicted octanol–water partition coefficient (Wildman–Crippen LogP) is 3.14. The van der Waals surface area contributed by atoms with E-state index in [9.17, 15) is 4.79 Å². The minimum absolute atomic E-state index is 0.0701. The second-order valence-corrected chi connectivity index (χ2v) is 5.82. The summed E-state index contributed by atoms with van der Waals surface area (Å²) in [7, 11) is 0. The van der Waals surface area contributed by atoms with Crippen molar-refractivity contribution in [3.05, 3.63) is 0 Å². The van der Waals surface area contributed by atoms with Crippen LogP contribution in [0, 0.1) is 11.8 Å². The van der Waals surface area contributed by atoms with E-state index < -0.39 is 0 Å². The Morgan fingerprint density at radius 2 is 1.47 bits per heavy atom.